The van der Waals surface area contributed by atoms with Crippen molar-refractivity contribution < 1.29 is 19.1 Å². The van der Waals surface area contributed by atoms with Gasteiger partial charge in [0.2, 0.25) is 23.6 Å². The van der Waals surface area contributed by atoms with E-state index in [0.29, 0.717) is 45.8 Å². The molecule has 3 rings (SSSR count). The van der Waals surface area contributed by atoms with Crippen molar-refractivity contribution in [2.75, 3.05) is 6.61 Å². The Labute approximate surface area is 196 Å². The van der Waals surface area contributed by atoms with Crippen molar-refractivity contribution in [2.24, 2.45) is 0 Å². The van der Waals surface area contributed by atoms with Gasteiger partial charge in [-0.1, -0.05) is 23.2 Å². The first-order valence-electron chi connectivity index (χ1n) is 10.2. The second-order valence-corrected chi connectivity index (χ2v) is 8.77. The van der Waals surface area contributed by atoms with E-state index in [1.54, 1.807) is 26.0 Å². The van der Waals surface area contributed by atoms with Gasteiger partial charge in [0.05, 0.1) is 36.0 Å². The Morgan fingerprint density at radius 2 is 1.91 bits per heavy atom. The predicted molar refractivity (Wildman–Crippen MR) is 120 cm³/mol. The van der Waals surface area contributed by atoms with Crippen LogP contribution >= 0.6 is 23.2 Å². The second kappa shape index (κ2) is 9.83. The number of ether oxygens (including phenoxy) is 1. The standard InChI is InChI=1S/C22H24Cl2N4O4/c1-4-32-18-11-25-16(10-26-18)22(2,3)21(31)27-9-12-7-14(23)19(15(24)8-12)13-5-6-17(29)28-20(13)30/h7-8,10-11,13H,4-6,9H2,1-3H3,(H,27,31)(H,28,29,30). The summed E-state index contributed by atoms with van der Waals surface area (Å²) >= 11 is 12.8. The van der Waals surface area contributed by atoms with E-state index in [1.807, 2.05) is 6.92 Å². The van der Waals surface area contributed by atoms with Crippen molar-refractivity contribution in [1.82, 2.24) is 20.6 Å². The van der Waals surface area contributed by atoms with Gasteiger partial charge in [0.25, 0.3) is 0 Å². The molecular weight excluding hydrogens is 455 g/mol. The van der Waals surface area contributed by atoms with Crippen molar-refractivity contribution in [2.45, 2.75) is 51.5 Å². The molecule has 3 amide bonds. The maximum absolute atomic E-state index is 12.8. The third kappa shape index (κ3) is 5.19. The molecule has 8 nitrogen and oxygen atoms in total. The number of piperidine rings is 1. The fourth-order valence-electron chi connectivity index (χ4n) is 3.42. The van der Waals surface area contributed by atoms with Crippen molar-refractivity contribution in [3.8, 4) is 5.88 Å². The molecule has 2 heterocycles. The highest BCUT2D eigenvalue weighted by Crippen LogP contribution is 2.37. The third-order valence-electron chi connectivity index (χ3n) is 5.31. The fraction of sp³-hybridized carbons (Fsp3) is 0.409. The minimum Gasteiger partial charge on any atom is -0.477 e. The zero-order chi connectivity index (χ0) is 23.5. The summed E-state index contributed by atoms with van der Waals surface area (Å²) in [4.78, 5) is 44.9. The van der Waals surface area contributed by atoms with Crippen molar-refractivity contribution in [3.05, 3.63) is 51.4 Å². The summed E-state index contributed by atoms with van der Waals surface area (Å²) in [6.45, 7) is 6.01. The van der Waals surface area contributed by atoms with Crippen LogP contribution in [0.2, 0.25) is 10.0 Å². The van der Waals surface area contributed by atoms with Crippen molar-refractivity contribution in [1.29, 1.82) is 0 Å². The number of hydrogen-bond donors (Lipinski definition) is 2. The number of halogens is 2. The van der Waals surface area contributed by atoms with Gasteiger partial charge in [-0.3, -0.25) is 24.7 Å². The van der Waals surface area contributed by atoms with Gasteiger partial charge in [0.1, 0.15) is 0 Å². The molecule has 2 aromatic rings. The van der Waals surface area contributed by atoms with Gasteiger partial charge in [0.15, 0.2) is 0 Å². The average Bonchev–Trinajstić information content (AvgIpc) is 2.73. The molecule has 0 spiro atoms. The Bertz CT molecular complexity index is 1020. The molecule has 1 atom stereocenters. The molecule has 1 aromatic carbocycles. The minimum atomic E-state index is -0.933. The van der Waals surface area contributed by atoms with Crippen LogP contribution in [0.25, 0.3) is 0 Å². The molecule has 1 aliphatic rings. The topological polar surface area (TPSA) is 110 Å². The second-order valence-electron chi connectivity index (χ2n) is 7.96. The molecule has 0 radical (unpaired) electrons. The highest BCUT2D eigenvalue weighted by molar-refractivity contribution is 6.36. The van der Waals surface area contributed by atoms with Gasteiger partial charge in [-0.05, 0) is 44.9 Å². The third-order valence-corrected chi connectivity index (χ3v) is 5.93. The average molecular weight is 479 g/mol. The van der Waals surface area contributed by atoms with Gasteiger partial charge < -0.3 is 10.1 Å². The molecule has 1 unspecified atom stereocenters. The summed E-state index contributed by atoms with van der Waals surface area (Å²) in [5.41, 5.74) is 0.733. The molecular formula is C22H24Cl2N4O4. The molecule has 1 aliphatic heterocycles. The first-order chi connectivity index (χ1) is 15.1. The maximum Gasteiger partial charge on any atom is 0.234 e. The largest absolute Gasteiger partial charge is 0.477 e. The summed E-state index contributed by atoms with van der Waals surface area (Å²) in [6, 6.07) is 3.33. The molecule has 0 aliphatic carbocycles. The first kappa shape index (κ1) is 23.9. The number of rotatable bonds is 7. The lowest BCUT2D eigenvalue weighted by Gasteiger charge is -2.24. The minimum absolute atomic E-state index is 0.182. The van der Waals surface area contributed by atoms with Gasteiger partial charge in [-0.25, -0.2) is 4.98 Å². The van der Waals surface area contributed by atoms with Gasteiger partial charge in [-0.15, -0.1) is 0 Å². The number of carbonyl (C=O) groups is 3. The summed E-state index contributed by atoms with van der Waals surface area (Å²) in [7, 11) is 0. The summed E-state index contributed by atoms with van der Waals surface area (Å²) in [6.07, 6.45) is 3.58. The van der Waals surface area contributed by atoms with Crippen molar-refractivity contribution in [3.63, 3.8) is 0 Å². The number of carbonyl (C=O) groups excluding carboxylic acids is 3. The number of amides is 3. The van der Waals surface area contributed by atoms with E-state index in [9.17, 15) is 14.4 Å². The lowest BCUT2D eigenvalue weighted by atomic mass is 9.88. The monoisotopic (exact) mass is 478 g/mol. The van der Waals surface area contributed by atoms with Gasteiger partial charge in [0, 0.05) is 28.6 Å². The first-order valence-corrected chi connectivity index (χ1v) is 10.9. The number of imide groups is 1. The lowest BCUT2D eigenvalue weighted by molar-refractivity contribution is -0.134. The van der Waals surface area contributed by atoms with Crippen LogP contribution in [0.4, 0.5) is 0 Å². The molecule has 10 heteroatoms. The number of benzene rings is 1. The van der Waals surface area contributed by atoms with E-state index in [2.05, 4.69) is 20.6 Å². The summed E-state index contributed by atoms with van der Waals surface area (Å²) < 4.78 is 5.29. The SMILES string of the molecule is CCOc1cnc(C(C)(C)C(=O)NCc2cc(Cl)c(C3CCC(=O)NC3=O)c(Cl)c2)cn1. The van der Waals surface area contributed by atoms with Gasteiger partial charge >= 0.3 is 0 Å². The normalized spacial score (nSPS) is 16.5. The lowest BCUT2D eigenvalue weighted by Crippen LogP contribution is -2.40. The highest BCUT2D eigenvalue weighted by atomic mass is 35.5. The van der Waals surface area contributed by atoms with E-state index in [-0.39, 0.29) is 24.8 Å². The van der Waals surface area contributed by atoms with E-state index in [4.69, 9.17) is 27.9 Å². The van der Waals surface area contributed by atoms with Crippen LogP contribution in [0.15, 0.2) is 24.5 Å². The highest BCUT2D eigenvalue weighted by Gasteiger charge is 2.33. The molecule has 1 fully saturated rings. The Balaban J connectivity index is 1.70. The molecule has 2 N–H and O–H groups in total. The summed E-state index contributed by atoms with van der Waals surface area (Å²) in [5, 5.41) is 5.80. The Hall–Kier alpha value is -2.71. The molecule has 0 saturated carbocycles. The number of hydrogen-bond acceptors (Lipinski definition) is 6. The molecule has 32 heavy (non-hydrogen) atoms. The van der Waals surface area contributed by atoms with Crippen LogP contribution in [0.5, 0.6) is 5.88 Å². The van der Waals surface area contributed by atoms with Crippen LogP contribution in [0, 0.1) is 0 Å². The molecule has 1 saturated heterocycles. The van der Waals surface area contributed by atoms with E-state index >= 15 is 0 Å². The number of nitrogens with one attached hydrogen (secondary N) is 2. The molecule has 0 bridgehead atoms. The van der Waals surface area contributed by atoms with E-state index in [1.165, 1.54) is 12.4 Å². The smallest absolute Gasteiger partial charge is 0.234 e. The Kier molecular flexibility index (Phi) is 7.36. The zero-order valence-electron chi connectivity index (χ0n) is 18.0. The van der Waals surface area contributed by atoms with Crippen molar-refractivity contribution >= 4 is 40.9 Å². The number of aromatic nitrogens is 2. The molecule has 1 aromatic heterocycles. The van der Waals surface area contributed by atoms with Crippen LogP contribution in [-0.2, 0) is 26.3 Å². The van der Waals surface area contributed by atoms with Crippen LogP contribution < -0.4 is 15.4 Å². The maximum atomic E-state index is 12.8. The van der Waals surface area contributed by atoms with Gasteiger partial charge in [-0.2, -0.15) is 0 Å². The van der Waals surface area contributed by atoms with Crippen LogP contribution in [-0.4, -0.2) is 34.3 Å². The van der Waals surface area contributed by atoms with E-state index < -0.39 is 17.2 Å². The fourth-order valence-corrected chi connectivity index (χ4v) is 4.22. The predicted octanol–water partition coefficient (Wildman–Crippen LogP) is 3.30. The zero-order valence-corrected chi connectivity index (χ0v) is 19.5. The number of nitrogens with zero attached hydrogens (tertiary/aromatic N) is 2. The van der Waals surface area contributed by atoms with E-state index in [0.717, 1.165) is 0 Å². The van der Waals surface area contributed by atoms with Crippen LogP contribution in [0.1, 0.15) is 56.4 Å². The molecule has 170 valence electrons. The quantitative estimate of drug-likeness (QED) is 0.590. The summed E-state index contributed by atoms with van der Waals surface area (Å²) in [5.74, 6) is -1.17. The van der Waals surface area contributed by atoms with Crippen LogP contribution in [0.3, 0.4) is 0 Å². The Morgan fingerprint density at radius 1 is 1.22 bits per heavy atom. The Morgan fingerprint density at radius 3 is 2.47 bits per heavy atom.